The molecule has 7 nitrogen and oxygen atoms in total. The normalized spacial score (nSPS) is 25.8. The third kappa shape index (κ3) is 7.68. The number of carbonyl (C=O) groups is 2. The molecule has 0 spiro atoms. The molecular formula is C29H40O7. The van der Waals surface area contributed by atoms with E-state index in [0.29, 0.717) is 25.0 Å². The minimum Gasteiger partial charge on any atom is -0.481 e. The van der Waals surface area contributed by atoms with Gasteiger partial charge in [-0.05, 0) is 75.0 Å². The van der Waals surface area contributed by atoms with Crippen molar-refractivity contribution < 1.29 is 34.4 Å². The minimum atomic E-state index is -1.08. The molecule has 2 aliphatic rings. The van der Waals surface area contributed by atoms with Crippen LogP contribution in [0.3, 0.4) is 0 Å². The van der Waals surface area contributed by atoms with Crippen molar-refractivity contribution in [2.45, 2.75) is 90.1 Å². The Morgan fingerprint density at radius 3 is 2.53 bits per heavy atom. The number of carboxylic acids is 1. The van der Waals surface area contributed by atoms with Crippen LogP contribution < -0.4 is 4.74 Å². The van der Waals surface area contributed by atoms with Gasteiger partial charge in [0.2, 0.25) is 0 Å². The van der Waals surface area contributed by atoms with Crippen molar-refractivity contribution in [1.82, 2.24) is 0 Å². The molecule has 0 amide bonds. The highest BCUT2D eigenvalue weighted by Gasteiger charge is 2.40. The molecule has 1 aromatic carbocycles. The zero-order chi connectivity index (χ0) is 26.2. The summed E-state index contributed by atoms with van der Waals surface area (Å²) in [6.07, 6.45) is 6.51. The first-order chi connectivity index (χ1) is 17.2. The summed E-state index contributed by atoms with van der Waals surface area (Å²) in [5.41, 5.74) is 2.28. The number of hydrogen-bond donors (Lipinski definition) is 3. The lowest BCUT2D eigenvalue weighted by atomic mass is 9.66. The second-order valence-electron chi connectivity index (χ2n) is 10.2. The van der Waals surface area contributed by atoms with Gasteiger partial charge in [-0.1, -0.05) is 49.8 Å². The van der Waals surface area contributed by atoms with Crippen molar-refractivity contribution in [3.63, 3.8) is 0 Å². The van der Waals surface area contributed by atoms with Crippen molar-refractivity contribution in [3.8, 4) is 5.75 Å². The third-order valence-electron chi connectivity index (χ3n) is 7.33. The van der Waals surface area contributed by atoms with Gasteiger partial charge in [-0.25, -0.2) is 4.79 Å². The Bertz CT molecular complexity index is 935. The van der Waals surface area contributed by atoms with Crippen molar-refractivity contribution in [1.29, 1.82) is 0 Å². The number of ether oxygens (including phenoxy) is 2. The van der Waals surface area contributed by atoms with Gasteiger partial charge in [0.15, 0.2) is 6.10 Å². The number of hydrogen-bond acceptors (Lipinski definition) is 6. The lowest BCUT2D eigenvalue weighted by Gasteiger charge is -2.42. The smallest absolute Gasteiger partial charge is 0.347 e. The van der Waals surface area contributed by atoms with Crippen LogP contribution in [-0.2, 0) is 14.3 Å². The molecule has 2 aliphatic carbocycles. The number of aryl methyl sites for hydroxylation is 1. The zero-order valence-corrected chi connectivity index (χ0v) is 21.5. The molecular weight excluding hydrogens is 460 g/mol. The van der Waals surface area contributed by atoms with Gasteiger partial charge >= 0.3 is 11.9 Å². The molecule has 7 heteroatoms. The summed E-state index contributed by atoms with van der Waals surface area (Å²) in [6.45, 7) is 6.03. The highest BCUT2D eigenvalue weighted by atomic mass is 16.6. The van der Waals surface area contributed by atoms with Crippen LogP contribution in [0.25, 0.3) is 0 Å². The molecule has 0 saturated carbocycles. The number of aliphatic carboxylic acids is 1. The van der Waals surface area contributed by atoms with Crippen LogP contribution in [0.2, 0.25) is 0 Å². The molecule has 3 rings (SSSR count). The van der Waals surface area contributed by atoms with Gasteiger partial charge < -0.3 is 24.8 Å². The van der Waals surface area contributed by atoms with E-state index in [9.17, 15) is 19.8 Å². The molecule has 7 atom stereocenters. The lowest BCUT2D eigenvalue weighted by molar-refractivity contribution is -0.162. The number of esters is 1. The maximum absolute atomic E-state index is 13.2. The molecule has 1 unspecified atom stereocenters. The fourth-order valence-electron chi connectivity index (χ4n) is 5.36. The first kappa shape index (κ1) is 27.9. The molecule has 198 valence electrons. The van der Waals surface area contributed by atoms with Gasteiger partial charge in [0.25, 0.3) is 0 Å². The maximum atomic E-state index is 13.2. The fraction of sp³-hybridized carbons (Fsp3) is 0.586. The summed E-state index contributed by atoms with van der Waals surface area (Å²) in [6, 6.07) is 7.60. The van der Waals surface area contributed by atoms with Crippen LogP contribution in [0, 0.1) is 24.7 Å². The molecule has 36 heavy (non-hydrogen) atoms. The van der Waals surface area contributed by atoms with Crippen LogP contribution >= 0.6 is 0 Å². The van der Waals surface area contributed by atoms with Crippen LogP contribution in [0.4, 0.5) is 0 Å². The van der Waals surface area contributed by atoms with Crippen LogP contribution in [-0.4, -0.2) is 51.7 Å². The summed E-state index contributed by atoms with van der Waals surface area (Å²) >= 11 is 0. The quantitative estimate of drug-likeness (QED) is 0.360. The summed E-state index contributed by atoms with van der Waals surface area (Å²) in [7, 11) is 0. The Morgan fingerprint density at radius 2 is 1.86 bits per heavy atom. The second-order valence-corrected chi connectivity index (χ2v) is 10.2. The fourth-order valence-corrected chi connectivity index (χ4v) is 5.36. The number of aliphatic hydroxyl groups is 2. The number of benzene rings is 1. The molecule has 0 heterocycles. The Labute approximate surface area is 213 Å². The summed E-state index contributed by atoms with van der Waals surface area (Å²) in [5, 5.41) is 29.1. The molecule has 3 N–H and O–H groups in total. The van der Waals surface area contributed by atoms with Crippen molar-refractivity contribution >= 4 is 11.9 Å². The van der Waals surface area contributed by atoms with Crippen molar-refractivity contribution in [3.05, 3.63) is 53.6 Å². The van der Waals surface area contributed by atoms with Gasteiger partial charge in [0, 0.05) is 5.92 Å². The average molecular weight is 501 g/mol. The molecule has 1 aromatic rings. The zero-order valence-electron chi connectivity index (χ0n) is 21.5. The van der Waals surface area contributed by atoms with Gasteiger partial charge in [-0.2, -0.15) is 0 Å². The first-order valence-electron chi connectivity index (χ1n) is 13.1. The van der Waals surface area contributed by atoms with Crippen LogP contribution in [0.1, 0.15) is 64.4 Å². The predicted octanol–water partition coefficient (Wildman–Crippen LogP) is 4.59. The van der Waals surface area contributed by atoms with Gasteiger partial charge in [-0.15, -0.1) is 0 Å². The molecule has 0 saturated heterocycles. The number of rotatable bonds is 12. The summed E-state index contributed by atoms with van der Waals surface area (Å²) in [4.78, 5) is 24.0. The number of carbonyl (C=O) groups excluding carboxylic acids is 1. The van der Waals surface area contributed by atoms with E-state index in [1.54, 1.807) is 0 Å². The SMILES string of the molecule is CCC(Oc1ccc(C)cc1)C(=O)O[C@H]1CCC=C2C=C[C@@H](C)[C@H](CC[C@@H](O)C[C@@H](O)CC(=O)O)[C@H]21. The average Bonchev–Trinajstić information content (AvgIpc) is 2.82. The monoisotopic (exact) mass is 500 g/mol. The van der Waals surface area contributed by atoms with E-state index < -0.39 is 24.3 Å². The van der Waals surface area contributed by atoms with E-state index in [1.165, 1.54) is 0 Å². The van der Waals surface area contributed by atoms with Gasteiger partial charge in [-0.3, -0.25) is 4.79 Å². The largest absolute Gasteiger partial charge is 0.481 e. The van der Waals surface area contributed by atoms with E-state index in [4.69, 9.17) is 14.6 Å². The number of allylic oxidation sites excluding steroid dienone is 3. The van der Waals surface area contributed by atoms with E-state index in [0.717, 1.165) is 24.0 Å². The number of carboxylic acid groups (broad SMARTS) is 1. The van der Waals surface area contributed by atoms with Crippen molar-refractivity contribution in [2.24, 2.45) is 17.8 Å². The van der Waals surface area contributed by atoms with E-state index in [1.807, 2.05) is 38.1 Å². The molecule has 0 fully saturated rings. The molecule has 0 bridgehead atoms. The summed E-state index contributed by atoms with van der Waals surface area (Å²) < 4.78 is 12.0. The highest BCUT2D eigenvalue weighted by Crippen LogP contribution is 2.44. The van der Waals surface area contributed by atoms with E-state index in [-0.39, 0.29) is 42.7 Å². The van der Waals surface area contributed by atoms with E-state index in [2.05, 4.69) is 25.2 Å². The molecule has 0 aliphatic heterocycles. The predicted molar refractivity (Wildman–Crippen MR) is 136 cm³/mol. The topological polar surface area (TPSA) is 113 Å². The Hall–Kier alpha value is -2.64. The molecule has 0 aromatic heterocycles. The van der Waals surface area contributed by atoms with Crippen LogP contribution in [0.5, 0.6) is 5.75 Å². The van der Waals surface area contributed by atoms with Crippen LogP contribution in [0.15, 0.2) is 48.1 Å². The standard InChI is InChI=1S/C29H40O7/c1-4-25(35-23-13-8-18(2)9-14-23)29(34)36-26-7-5-6-20-11-10-19(3)24(28(20)26)15-12-21(30)16-22(31)17-27(32)33/h6,8-11,13-14,19,21-22,24-26,28,30-31H,4-5,7,12,15-17H2,1-3H3,(H,32,33)/t19-,21-,22-,24+,25?,26+,28+/m1/s1. The number of aliphatic hydroxyl groups excluding tert-OH is 2. The number of fused-ring (bicyclic) bond motifs is 1. The van der Waals surface area contributed by atoms with Gasteiger partial charge in [0.05, 0.1) is 18.6 Å². The summed E-state index contributed by atoms with van der Waals surface area (Å²) in [5.74, 6) is -0.395. The third-order valence-corrected chi connectivity index (χ3v) is 7.33. The first-order valence-corrected chi connectivity index (χ1v) is 13.1. The Morgan fingerprint density at radius 1 is 1.14 bits per heavy atom. The minimum absolute atomic E-state index is 0.0238. The second kappa shape index (κ2) is 13.1. The Balaban J connectivity index is 1.65. The van der Waals surface area contributed by atoms with Crippen molar-refractivity contribution in [2.75, 3.05) is 0 Å². The Kier molecular flexibility index (Phi) is 10.1. The highest BCUT2D eigenvalue weighted by molar-refractivity contribution is 5.75. The maximum Gasteiger partial charge on any atom is 0.347 e. The molecule has 0 radical (unpaired) electrons. The van der Waals surface area contributed by atoms with E-state index >= 15 is 0 Å². The van der Waals surface area contributed by atoms with Gasteiger partial charge in [0.1, 0.15) is 11.9 Å². The lowest BCUT2D eigenvalue weighted by Crippen LogP contribution is -2.42.